The minimum atomic E-state index is 1.19. The van der Waals surface area contributed by atoms with Crippen molar-refractivity contribution in [3.63, 3.8) is 0 Å². The summed E-state index contributed by atoms with van der Waals surface area (Å²) >= 11 is 5.51. The summed E-state index contributed by atoms with van der Waals surface area (Å²) in [5.41, 5.74) is 0. The van der Waals surface area contributed by atoms with Gasteiger partial charge in [-0.2, -0.15) is 0 Å². The van der Waals surface area contributed by atoms with E-state index in [1.807, 2.05) is 21.9 Å². The Labute approximate surface area is 64.2 Å². The monoisotopic (exact) mass is 271 g/mol. The number of rotatable bonds is 0. The predicted molar refractivity (Wildman–Crippen MR) is 41.5 cm³/mol. The van der Waals surface area contributed by atoms with Crippen LogP contribution in [0.5, 0.6) is 0 Å². The standard InChI is InChI=1S/C4H3BrIN/c5-7-3-1-2-4(7)6/h1-3H. The number of hydrogen-bond donors (Lipinski definition) is 0. The van der Waals surface area contributed by atoms with Crippen LogP contribution in [0.3, 0.4) is 0 Å². The number of hydrogen-bond acceptors (Lipinski definition) is 0. The van der Waals surface area contributed by atoms with E-state index in [-0.39, 0.29) is 0 Å². The fourth-order valence-electron chi connectivity index (χ4n) is 0.340. The fourth-order valence-corrected chi connectivity index (χ4v) is 0.964. The molecule has 0 aliphatic carbocycles. The lowest BCUT2D eigenvalue weighted by molar-refractivity contribution is 1.27. The van der Waals surface area contributed by atoms with Crippen molar-refractivity contribution in [2.75, 3.05) is 0 Å². The van der Waals surface area contributed by atoms with E-state index in [1.54, 1.807) is 0 Å². The summed E-state index contributed by atoms with van der Waals surface area (Å²) in [5.74, 6) is 0. The highest BCUT2D eigenvalue weighted by atomic mass is 127. The molecule has 0 fully saturated rings. The van der Waals surface area contributed by atoms with Gasteiger partial charge in [-0.25, -0.2) is 0 Å². The third-order valence-corrected chi connectivity index (χ3v) is 2.82. The predicted octanol–water partition coefficient (Wildman–Crippen LogP) is 2.25. The zero-order valence-corrected chi connectivity index (χ0v) is 7.18. The largest absolute Gasteiger partial charge is 0.279 e. The van der Waals surface area contributed by atoms with Gasteiger partial charge in [-0.3, -0.25) is 3.59 Å². The lowest BCUT2D eigenvalue weighted by Gasteiger charge is -1.83. The van der Waals surface area contributed by atoms with Crippen LogP contribution in [0.1, 0.15) is 0 Å². The second kappa shape index (κ2) is 2.17. The molecule has 3 heteroatoms. The molecule has 0 aliphatic rings. The van der Waals surface area contributed by atoms with Crippen LogP contribution in [0.15, 0.2) is 18.3 Å². The molecule has 0 amide bonds. The molecule has 0 unspecified atom stereocenters. The molecule has 0 aliphatic heterocycles. The highest BCUT2D eigenvalue weighted by Gasteiger charge is 1.86. The van der Waals surface area contributed by atoms with Gasteiger partial charge in [0, 0.05) is 6.20 Å². The Balaban J connectivity index is 3.12. The van der Waals surface area contributed by atoms with Crippen LogP contribution < -0.4 is 0 Å². The summed E-state index contributed by atoms with van der Waals surface area (Å²) in [6.45, 7) is 0. The SMILES string of the molecule is Brn1cccc1I. The summed E-state index contributed by atoms with van der Waals surface area (Å²) < 4.78 is 3.07. The first-order valence-electron chi connectivity index (χ1n) is 1.80. The summed E-state index contributed by atoms with van der Waals surface area (Å²) in [6, 6.07) is 4.01. The van der Waals surface area contributed by atoms with Crippen molar-refractivity contribution in [2.45, 2.75) is 0 Å². The average Bonchev–Trinajstić information content (AvgIpc) is 1.91. The molecule has 0 N–H and O–H groups in total. The van der Waals surface area contributed by atoms with Crippen LogP contribution >= 0.6 is 38.7 Å². The number of aromatic nitrogens is 1. The smallest absolute Gasteiger partial charge is 0.0902 e. The molecule has 0 bridgehead atoms. The molecule has 0 atom stereocenters. The van der Waals surface area contributed by atoms with Gasteiger partial charge in [-0.15, -0.1) is 0 Å². The van der Waals surface area contributed by atoms with Gasteiger partial charge in [-0.05, 0) is 34.7 Å². The fraction of sp³-hybridized carbons (Fsp3) is 0. The lowest BCUT2D eigenvalue weighted by Crippen LogP contribution is -1.73. The zero-order chi connectivity index (χ0) is 5.28. The Morgan fingerprint density at radius 1 is 1.71 bits per heavy atom. The van der Waals surface area contributed by atoms with Crippen LogP contribution in [-0.2, 0) is 0 Å². The minimum Gasteiger partial charge on any atom is -0.279 e. The first-order valence-corrected chi connectivity index (χ1v) is 3.58. The molecule has 38 valence electrons. The Morgan fingerprint density at radius 3 is 2.57 bits per heavy atom. The van der Waals surface area contributed by atoms with Crippen molar-refractivity contribution in [2.24, 2.45) is 0 Å². The van der Waals surface area contributed by atoms with E-state index < -0.39 is 0 Å². The van der Waals surface area contributed by atoms with Crippen LogP contribution in [0.25, 0.3) is 0 Å². The first-order chi connectivity index (χ1) is 3.30. The quantitative estimate of drug-likeness (QED) is 0.638. The maximum atomic E-state index is 3.27. The maximum absolute atomic E-state index is 3.27. The van der Waals surface area contributed by atoms with E-state index >= 15 is 0 Å². The summed E-state index contributed by atoms with van der Waals surface area (Å²) in [7, 11) is 0. The van der Waals surface area contributed by atoms with E-state index in [2.05, 4.69) is 38.7 Å². The Hall–Kier alpha value is 0.490. The van der Waals surface area contributed by atoms with E-state index in [1.165, 1.54) is 3.70 Å². The summed E-state index contributed by atoms with van der Waals surface area (Å²) in [4.78, 5) is 0. The van der Waals surface area contributed by atoms with Crippen molar-refractivity contribution < 1.29 is 0 Å². The Bertz CT molecular complexity index is 144. The van der Waals surface area contributed by atoms with Gasteiger partial charge in [0.25, 0.3) is 0 Å². The molecule has 0 radical (unpaired) electrons. The molecular weight excluding hydrogens is 269 g/mol. The Morgan fingerprint density at radius 2 is 2.43 bits per heavy atom. The van der Waals surface area contributed by atoms with E-state index in [4.69, 9.17) is 0 Å². The van der Waals surface area contributed by atoms with Gasteiger partial charge in [0.15, 0.2) is 0 Å². The van der Waals surface area contributed by atoms with Crippen LogP contribution in [0.2, 0.25) is 0 Å². The minimum absolute atomic E-state index is 1.19. The van der Waals surface area contributed by atoms with Crippen LogP contribution in [0.4, 0.5) is 0 Å². The Kier molecular flexibility index (Phi) is 1.74. The molecule has 1 nitrogen and oxygen atoms in total. The molecule has 0 saturated carbocycles. The third kappa shape index (κ3) is 1.19. The molecule has 0 aromatic carbocycles. The van der Waals surface area contributed by atoms with Gasteiger partial charge in [0.2, 0.25) is 0 Å². The lowest BCUT2D eigenvalue weighted by atomic mass is 10.7. The van der Waals surface area contributed by atoms with Crippen molar-refractivity contribution in [1.29, 1.82) is 0 Å². The van der Waals surface area contributed by atoms with Gasteiger partial charge >= 0.3 is 0 Å². The van der Waals surface area contributed by atoms with Gasteiger partial charge < -0.3 is 0 Å². The second-order valence-corrected chi connectivity index (χ2v) is 3.01. The van der Waals surface area contributed by atoms with Gasteiger partial charge in [-0.1, -0.05) is 0 Å². The van der Waals surface area contributed by atoms with E-state index in [0.29, 0.717) is 0 Å². The van der Waals surface area contributed by atoms with Crippen molar-refractivity contribution in [3.05, 3.63) is 22.0 Å². The second-order valence-electron chi connectivity index (χ2n) is 1.14. The normalized spacial score (nSPS) is 9.43. The average molecular weight is 272 g/mol. The van der Waals surface area contributed by atoms with Crippen LogP contribution in [0, 0.1) is 3.70 Å². The topological polar surface area (TPSA) is 4.93 Å². The summed E-state index contributed by atoms with van der Waals surface area (Å²) in [6.07, 6.45) is 1.95. The number of nitrogens with zero attached hydrogens (tertiary/aromatic N) is 1. The number of halogens is 2. The molecule has 7 heavy (non-hydrogen) atoms. The first kappa shape index (κ1) is 5.62. The van der Waals surface area contributed by atoms with Crippen molar-refractivity contribution in [1.82, 2.24) is 3.59 Å². The molecular formula is C4H3BrIN. The molecule has 1 aromatic rings. The van der Waals surface area contributed by atoms with E-state index in [9.17, 15) is 0 Å². The highest BCUT2D eigenvalue weighted by molar-refractivity contribution is 14.1. The third-order valence-electron chi connectivity index (χ3n) is 0.655. The molecule has 1 heterocycles. The molecule has 0 saturated heterocycles. The van der Waals surface area contributed by atoms with Crippen LogP contribution in [-0.4, -0.2) is 3.59 Å². The molecule has 1 rings (SSSR count). The van der Waals surface area contributed by atoms with Gasteiger partial charge in [0.1, 0.15) is 0 Å². The van der Waals surface area contributed by atoms with Crippen molar-refractivity contribution in [3.8, 4) is 0 Å². The molecule has 0 spiro atoms. The van der Waals surface area contributed by atoms with Gasteiger partial charge in [0.05, 0.1) is 19.8 Å². The zero-order valence-electron chi connectivity index (χ0n) is 3.44. The molecule has 1 aromatic heterocycles. The van der Waals surface area contributed by atoms with Crippen molar-refractivity contribution >= 4 is 38.7 Å². The highest BCUT2D eigenvalue weighted by Crippen LogP contribution is 2.07. The summed E-state index contributed by atoms with van der Waals surface area (Å²) in [5, 5.41) is 0. The maximum Gasteiger partial charge on any atom is 0.0902 e. The van der Waals surface area contributed by atoms with E-state index in [0.717, 1.165) is 0 Å².